The van der Waals surface area contributed by atoms with Crippen LogP contribution in [-0.2, 0) is 0 Å². The van der Waals surface area contributed by atoms with Crippen LogP contribution in [0.5, 0.6) is 0 Å². The second-order valence-corrected chi connectivity index (χ2v) is 4.60. The zero-order chi connectivity index (χ0) is 9.14. The molecule has 0 fully saturated rings. The summed E-state index contributed by atoms with van der Waals surface area (Å²) < 4.78 is 2.18. The molecule has 0 aliphatic heterocycles. The highest BCUT2D eigenvalue weighted by Gasteiger charge is 2.04. The Balaban J connectivity index is 2.96. The fourth-order valence-electron chi connectivity index (χ4n) is 0.924. The summed E-state index contributed by atoms with van der Waals surface area (Å²) in [6.45, 7) is 4.23. The molecule has 12 heavy (non-hydrogen) atoms. The molecule has 1 aromatic rings. The SMILES string of the molecule is CC(C)Nc1c(Br)cccc1Br. The van der Waals surface area contributed by atoms with Crippen molar-refractivity contribution >= 4 is 37.5 Å². The largest absolute Gasteiger partial charge is 0.381 e. The highest BCUT2D eigenvalue weighted by Crippen LogP contribution is 2.30. The molecule has 0 unspecified atom stereocenters. The Morgan fingerprint density at radius 2 is 1.67 bits per heavy atom. The smallest absolute Gasteiger partial charge is 0.0630 e. The Kier molecular flexibility index (Phi) is 3.59. The summed E-state index contributed by atoms with van der Waals surface area (Å²) in [6.07, 6.45) is 0. The highest BCUT2D eigenvalue weighted by atomic mass is 79.9. The predicted octanol–water partition coefficient (Wildman–Crippen LogP) is 4.03. The van der Waals surface area contributed by atoms with Crippen LogP contribution in [0.4, 0.5) is 5.69 Å². The van der Waals surface area contributed by atoms with Crippen LogP contribution in [0.2, 0.25) is 0 Å². The number of benzene rings is 1. The van der Waals surface area contributed by atoms with Crippen LogP contribution in [0.25, 0.3) is 0 Å². The van der Waals surface area contributed by atoms with Gasteiger partial charge in [0.2, 0.25) is 0 Å². The van der Waals surface area contributed by atoms with Crippen LogP contribution in [0.3, 0.4) is 0 Å². The number of hydrogen-bond donors (Lipinski definition) is 1. The van der Waals surface area contributed by atoms with Gasteiger partial charge in [-0.1, -0.05) is 6.07 Å². The van der Waals surface area contributed by atoms with Gasteiger partial charge in [-0.3, -0.25) is 0 Å². The lowest BCUT2D eigenvalue weighted by molar-refractivity contribution is 0.897. The Labute approximate surface area is 89.8 Å². The minimum absolute atomic E-state index is 0.444. The van der Waals surface area contributed by atoms with Crippen LogP contribution < -0.4 is 5.32 Å². The average Bonchev–Trinajstić information content (AvgIpc) is 1.97. The van der Waals surface area contributed by atoms with Crippen molar-refractivity contribution in [3.05, 3.63) is 27.1 Å². The Bertz CT molecular complexity index is 251. The van der Waals surface area contributed by atoms with E-state index < -0.39 is 0 Å². The quantitative estimate of drug-likeness (QED) is 0.868. The molecule has 0 heterocycles. The van der Waals surface area contributed by atoms with E-state index in [4.69, 9.17) is 0 Å². The average molecular weight is 293 g/mol. The van der Waals surface area contributed by atoms with E-state index in [9.17, 15) is 0 Å². The van der Waals surface area contributed by atoms with E-state index in [1.54, 1.807) is 0 Å². The summed E-state index contributed by atoms with van der Waals surface area (Å²) in [7, 11) is 0. The first-order valence-corrected chi connectivity index (χ1v) is 5.40. The lowest BCUT2D eigenvalue weighted by Gasteiger charge is -2.13. The molecule has 1 nitrogen and oxygen atoms in total. The summed E-state index contributed by atoms with van der Waals surface area (Å²) in [4.78, 5) is 0. The van der Waals surface area contributed by atoms with Gasteiger partial charge in [0.25, 0.3) is 0 Å². The molecule has 1 aromatic carbocycles. The highest BCUT2D eigenvalue weighted by molar-refractivity contribution is 9.11. The lowest BCUT2D eigenvalue weighted by atomic mass is 10.3. The van der Waals surface area contributed by atoms with Gasteiger partial charge < -0.3 is 5.32 Å². The fourth-order valence-corrected chi connectivity index (χ4v) is 2.15. The van der Waals surface area contributed by atoms with Crippen LogP contribution >= 0.6 is 31.9 Å². The first-order chi connectivity index (χ1) is 5.61. The predicted molar refractivity (Wildman–Crippen MR) is 60.6 cm³/mol. The zero-order valence-corrected chi connectivity index (χ0v) is 10.2. The molecule has 0 saturated carbocycles. The topological polar surface area (TPSA) is 12.0 Å². The molecule has 0 radical (unpaired) electrons. The van der Waals surface area contributed by atoms with Crippen LogP contribution in [-0.4, -0.2) is 6.04 Å². The van der Waals surface area contributed by atoms with Gasteiger partial charge in [0.15, 0.2) is 0 Å². The maximum absolute atomic E-state index is 3.48. The third-order valence-corrected chi connectivity index (χ3v) is 2.72. The third-order valence-electron chi connectivity index (χ3n) is 1.40. The zero-order valence-electron chi connectivity index (χ0n) is 7.07. The second-order valence-electron chi connectivity index (χ2n) is 2.90. The van der Waals surface area contributed by atoms with Crippen LogP contribution in [0.15, 0.2) is 27.1 Å². The molecule has 0 bridgehead atoms. The van der Waals surface area contributed by atoms with E-state index in [0.717, 1.165) is 14.6 Å². The molecule has 0 aliphatic carbocycles. The maximum Gasteiger partial charge on any atom is 0.0630 e. The van der Waals surface area contributed by atoms with E-state index in [0.29, 0.717) is 6.04 Å². The lowest BCUT2D eigenvalue weighted by Crippen LogP contribution is -2.10. The maximum atomic E-state index is 3.48. The van der Waals surface area contributed by atoms with Gasteiger partial charge in [0, 0.05) is 15.0 Å². The van der Waals surface area contributed by atoms with Gasteiger partial charge in [0.1, 0.15) is 0 Å². The summed E-state index contributed by atoms with van der Waals surface area (Å²) in [6, 6.07) is 6.49. The number of rotatable bonds is 2. The summed E-state index contributed by atoms with van der Waals surface area (Å²) >= 11 is 6.97. The number of para-hydroxylation sites is 1. The van der Waals surface area contributed by atoms with Crippen molar-refractivity contribution in [2.45, 2.75) is 19.9 Å². The van der Waals surface area contributed by atoms with Crippen LogP contribution in [0, 0.1) is 0 Å². The molecular weight excluding hydrogens is 282 g/mol. The van der Waals surface area contributed by atoms with E-state index in [2.05, 4.69) is 51.0 Å². The van der Waals surface area contributed by atoms with Gasteiger partial charge in [-0.25, -0.2) is 0 Å². The second kappa shape index (κ2) is 4.28. The molecule has 3 heteroatoms. The van der Waals surface area contributed by atoms with Gasteiger partial charge in [-0.15, -0.1) is 0 Å². The molecule has 0 aliphatic rings. The number of anilines is 1. The number of nitrogens with one attached hydrogen (secondary N) is 1. The van der Waals surface area contributed by atoms with E-state index in [-0.39, 0.29) is 0 Å². The summed E-state index contributed by atoms with van der Waals surface area (Å²) in [5.41, 5.74) is 1.12. The van der Waals surface area contributed by atoms with E-state index >= 15 is 0 Å². The van der Waals surface area contributed by atoms with Crippen molar-refractivity contribution < 1.29 is 0 Å². The van der Waals surface area contributed by atoms with Crippen molar-refractivity contribution in [2.75, 3.05) is 5.32 Å². The van der Waals surface area contributed by atoms with Gasteiger partial charge in [-0.2, -0.15) is 0 Å². The molecule has 0 spiro atoms. The molecular formula is C9H11Br2N. The monoisotopic (exact) mass is 291 g/mol. The Morgan fingerprint density at radius 1 is 1.17 bits per heavy atom. The normalized spacial score (nSPS) is 10.4. The summed E-state index contributed by atoms with van der Waals surface area (Å²) in [5, 5.41) is 3.35. The number of halogens is 2. The first kappa shape index (κ1) is 10.1. The standard InChI is InChI=1S/C9H11Br2N/c1-6(2)12-9-7(10)4-3-5-8(9)11/h3-6,12H,1-2H3. The van der Waals surface area contributed by atoms with Crippen LogP contribution in [0.1, 0.15) is 13.8 Å². The van der Waals surface area contributed by atoms with Gasteiger partial charge in [0.05, 0.1) is 5.69 Å². The molecule has 0 amide bonds. The summed E-state index contributed by atoms with van der Waals surface area (Å²) in [5.74, 6) is 0. The Morgan fingerprint density at radius 3 is 2.08 bits per heavy atom. The Hall–Kier alpha value is -0.0200. The molecule has 0 aromatic heterocycles. The van der Waals surface area contributed by atoms with Crippen molar-refractivity contribution in [1.82, 2.24) is 0 Å². The van der Waals surface area contributed by atoms with Crippen molar-refractivity contribution in [3.8, 4) is 0 Å². The van der Waals surface area contributed by atoms with Crippen molar-refractivity contribution in [3.63, 3.8) is 0 Å². The van der Waals surface area contributed by atoms with Crippen molar-refractivity contribution in [1.29, 1.82) is 0 Å². The minimum atomic E-state index is 0.444. The fraction of sp³-hybridized carbons (Fsp3) is 0.333. The third kappa shape index (κ3) is 2.49. The van der Waals surface area contributed by atoms with E-state index in [1.165, 1.54) is 0 Å². The molecule has 1 rings (SSSR count). The molecule has 1 N–H and O–H groups in total. The molecule has 0 saturated heterocycles. The van der Waals surface area contributed by atoms with Gasteiger partial charge in [-0.05, 0) is 57.8 Å². The minimum Gasteiger partial charge on any atom is -0.381 e. The van der Waals surface area contributed by atoms with Crippen molar-refractivity contribution in [2.24, 2.45) is 0 Å². The van der Waals surface area contributed by atoms with E-state index in [1.807, 2.05) is 18.2 Å². The molecule has 66 valence electrons. The molecule has 0 atom stereocenters. The number of hydrogen-bond acceptors (Lipinski definition) is 1. The van der Waals surface area contributed by atoms with Gasteiger partial charge >= 0.3 is 0 Å². The first-order valence-electron chi connectivity index (χ1n) is 3.82.